The minimum Gasteiger partial charge on any atom is -0.492 e. The summed E-state index contributed by atoms with van der Waals surface area (Å²) in [5.41, 5.74) is 2.78. The zero-order valence-corrected chi connectivity index (χ0v) is 19.1. The standard InChI is InChI=1S/C25H24BrN3O3/c26-22-8-4-5-9-23(22)29-24(30)18-32-25(28-29)20-10-12-21(13-11-20)31-17-16-27-15-14-19-6-2-1-3-7-19/h1-13,27H,14-18H2. The average Bonchev–Trinajstić information content (AvgIpc) is 2.83. The molecule has 1 aliphatic rings. The normalized spacial score (nSPS) is 13.5. The Morgan fingerprint density at radius 2 is 1.72 bits per heavy atom. The molecule has 6 nitrogen and oxygen atoms in total. The molecule has 0 atom stereocenters. The molecular formula is C25H24BrN3O3. The predicted octanol–water partition coefficient (Wildman–Crippen LogP) is 4.39. The van der Waals surface area contributed by atoms with E-state index in [1.807, 2.05) is 54.6 Å². The molecule has 0 aromatic heterocycles. The summed E-state index contributed by atoms with van der Waals surface area (Å²) >= 11 is 3.47. The second kappa shape index (κ2) is 10.9. The summed E-state index contributed by atoms with van der Waals surface area (Å²) in [7, 11) is 0. The molecule has 164 valence electrons. The molecule has 1 amide bonds. The number of amides is 1. The van der Waals surface area contributed by atoms with Gasteiger partial charge in [0.2, 0.25) is 5.90 Å². The molecule has 3 aromatic carbocycles. The van der Waals surface area contributed by atoms with Gasteiger partial charge in [0.25, 0.3) is 5.91 Å². The quantitative estimate of drug-likeness (QED) is 0.449. The molecule has 7 heteroatoms. The van der Waals surface area contributed by atoms with Gasteiger partial charge in [-0.25, -0.2) is 0 Å². The van der Waals surface area contributed by atoms with Crippen molar-refractivity contribution < 1.29 is 14.3 Å². The Kier molecular flexibility index (Phi) is 7.53. The van der Waals surface area contributed by atoms with Gasteiger partial charge in [-0.05, 0) is 70.9 Å². The highest BCUT2D eigenvalue weighted by atomic mass is 79.9. The van der Waals surface area contributed by atoms with Gasteiger partial charge in [0.1, 0.15) is 12.4 Å². The molecule has 1 heterocycles. The van der Waals surface area contributed by atoms with Gasteiger partial charge in [-0.2, -0.15) is 5.01 Å². The number of para-hydroxylation sites is 1. The summed E-state index contributed by atoms with van der Waals surface area (Å²) in [6, 6.07) is 25.4. The predicted molar refractivity (Wildman–Crippen MR) is 129 cm³/mol. The first-order valence-electron chi connectivity index (χ1n) is 10.5. The van der Waals surface area contributed by atoms with Crippen molar-refractivity contribution in [3.8, 4) is 5.75 Å². The smallest absolute Gasteiger partial charge is 0.285 e. The lowest BCUT2D eigenvalue weighted by molar-refractivity contribution is -0.121. The van der Waals surface area contributed by atoms with Crippen molar-refractivity contribution in [1.82, 2.24) is 5.32 Å². The van der Waals surface area contributed by atoms with Crippen LogP contribution in [0, 0.1) is 0 Å². The Balaban J connectivity index is 1.29. The first kappa shape index (κ1) is 22.0. The fourth-order valence-electron chi connectivity index (χ4n) is 3.26. The van der Waals surface area contributed by atoms with Gasteiger partial charge >= 0.3 is 0 Å². The fourth-order valence-corrected chi connectivity index (χ4v) is 3.71. The first-order valence-corrected chi connectivity index (χ1v) is 11.3. The maximum absolute atomic E-state index is 12.3. The molecule has 0 saturated heterocycles. The molecule has 0 unspecified atom stereocenters. The van der Waals surface area contributed by atoms with E-state index in [1.54, 1.807) is 0 Å². The summed E-state index contributed by atoms with van der Waals surface area (Å²) < 4.78 is 12.2. The van der Waals surface area contributed by atoms with Crippen molar-refractivity contribution in [2.45, 2.75) is 6.42 Å². The lowest BCUT2D eigenvalue weighted by atomic mass is 10.1. The Morgan fingerprint density at radius 1 is 0.969 bits per heavy atom. The van der Waals surface area contributed by atoms with Crippen LogP contribution >= 0.6 is 15.9 Å². The van der Waals surface area contributed by atoms with Gasteiger partial charge in [-0.15, -0.1) is 5.10 Å². The zero-order chi connectivity index (χ0) is 22.2. The van der Waals surface area contributed by atoms with Crippen molar-refractivity contribution in [1.29, 1.82) is 0 Å². The van der Waals surface area contributed by atoms with E-state index >= 15 is 0 Å². The molecule has 0 spiro atoms. The third kappa shape index (κ3) is 5.75. The highest BCUT2D eigenvalue weighted by molar-refractivity contribution is 9.10. The van der Waals surface area contributed by atoms with Crippen LogP contribution in [-0.2, 0) is 16.0 Å². The van der Waals surface area contributed by atoms with Gasteiger partial charge in [-0.3, -0.25) is 4.79 Å². The maximum atomic E-state index is 12.3. The molecular weight excluding hydrogens is 470 g/mol. The van der Waals surface area contributed by atoms with E-state index in [4.69, 9.17) is 9.47 Å². The third-order valence-electron chi connectivity index (χ3n) is 4.92. The van der Waals surface area contributed by atoms with Crippen molar-refractivity contribution in [2.24, 2.45) is 5.10 Å². The topological polar surface area (TPSA) is 63.2 Å². The molecule has 0 radical (unpaired) electrons. The molecule has 32 heavy (non-hydrogen) atoms. The maximum Gasteiger partial charge on any atom is 0.285 e. The van der Waals surface area contributed by atoms with Gasteiger partial charge in [0.05, 0.1) is 5.69 Å². The molecule has 3 aromatic rings. The Bertz CT molecular complexity index is 1070. The lowest BCUT2D eigenvalue weighted by Crippen LogP contribution is -2.37. The Labute approximate surface area is 196 Å². The third-order valence-corrected chi connectivity index (χ3v) is 5.59. The molecule has 0 saturated carbocycles. The van der Waals surface area contributed by atoms with E-state index in [2.05, 4.69) is 50.6 Å². The summed E-state index contributed by atoms with van der Waals surface area (Å²) in [5.74, 6) is 0.948. The van der Waals surface area contributed by atoms with E-state index in [-0.39, 0.29) is 12.5 Å². The Morgan fingerprint density at radius 3 is 2.50 bits per heavy atom. The molecule has 0 aliphatic carbocycles. The summed E-state index contributed by atoms with van der Waals surface area (Å²) in [4.78, 5) is 12.3. The Hall–Kier alpha value is -3.16. The summed E-state index contributed by atoms with van der Waals surface area (Å²) in [6.45, 7) is 2.20. The summed E-state index contributed by atoms with van der Waals surface area (Å²) in [5, 5.41) is 9.17. The van der Waals surface area contributed by atoms with E-state index in [0.29, 0.717) is 18.2 Å². The number of anilines is 1. The number of hydrogen-bond donors (Lipinski definition) is 1. The zero-order valence-electron chi connectivity index (χ0n) is 17.5. The minimum atomic E-state index is -0.222. The van der Waals surface area contributed by atoms with Gasteiger partial charge < -0.3 is 14.8 Å². The lowest BCUT2D eigenvalue weighted by Gasteiger charge is -2.24. The average molecular weight is 494 g/mol. The number of rotatable bonds is 9. The molecule has 1 N–H and O–H groups in total. The number of hydrazone groups is 1. The number of ether oxygens (including phenoxy) is 2. The molecule has 1 aliphatic heterocycles. The fraction of sp³-hybridized carbons (Fsp3) is 0.200. The van der Waals surface area contributed by atoms with Crippen molar-refractivity contribution in [2.75, 3.05) is 31.3 Å². The van der Waals surface area contributed by atoms with Gasteiger partial charge in [-0.1, -0.05) is 42.5 Å². The van der Waals surface area contributed by atoms with Crippen LogP contribution < -0.4 is 15.1 Å². The summed E-state index contributed by atoms with van der Waals surface area (Å²) in [6.07, 6.45) is 0.997. The van der Waals surface area contributed by atoms with Crippen LogP contribution in [0.3, 0.4) is 0 Å². The minimum absolute atomic E-state index is 0.0624. The van der Waals surface area contributed by atoms with Gasteiger partial charge in [0, 0.05) is 16.6 Å². The second-order valence-corrected chi connectivity index (χ2v) is 8.06. The number of nitrogens with one attached hydrogen (secondary N) is 1. The molecule has 4 rings (SSSR count). The van der Waals surface area contributed by atoms with Crippen LogP contribution in [0.5, 0.6) is 5.75 Å². The van der Waals surface area contributed by atoms with Crippen LogP contribution in [0.25, 0.3) is 0 Å². The van der Waals surface area contributed by atoms with Crippen molar-refractivity contribution >= 4 is 33.4 Å². The van der Waals surface area contributed by atoms with E-state index in [9.17, 15) is 4.79 Å². The van der Waals surface area contributed by atoms with Crippen LogP contribution in [0.1, 0.15) is 11.1 Å². The van der Waals surface area contributed by atoms with Crippen LogP contribution in [0.15, 0.2) is 88.4 Å². The molecule has 0 fully saturated rings. The largest absolute Gasteiger partial charge is 0.492 e. The molecule has 0 bridgehead atoms. The van der Waals surface area contributed by atoms with E-state index in [0.717, 1.165) is 35.3 Å². The van der Waals surface area contributed by atoms with Crippen molar-refractivity contribution in [3.63, 3.8) is 0 Å². The first-order chi connectivity index (χ1) is 15.7. The number of hydrogen-bond acceptors (Lipinski definition) is 5. The van der Waals surface area contributed by atoms with Crippen LogP contribution in [-0.4, -0.2) is 38.1 Å². The van der Waals surface area contributed by atoms with Crippen molar-refractivity contribution in [3.05, 3.63) is 94.5 Å². The number of nitrogens with zero attached hydrogens (tertiary/aromatic N) is 2. The van der Waals surface area contributed by atoms with E-state index in [1.165, 1.54) is 10.6 Å². The second-order valence-electron chi connectivity index (χ2n) is 7.21. The number of carbonyl (C=O) groups excluding carboxylic acids is 1. The van der Waals surface area contributed by atoms with Gasteiger partial charge in [0.15, 0.2) is 6.61 Å². The number of halogens is 1. The monoisotopic (exact) mass is 493 g/mol. The highest BCUT2D eigenvalue weighted by Crippen LogP contribution is 2.28. The van der Waals surface area contributed by atoms with Crippen LogP contribution in [0.4, 0.5) is 5.69 Å². The highest BCUT2D eigenvalue weighted by Gasteiger charge is 2.25. The number of carbonyl (C=O) groups is 1. The SMILES string of the molecule is O=C1COC(c2ccc(OCCNCCc3ccccc3)cc2)=NN1c1ccccc1Br. The van der Waals surface area contributed by atoms with Crippen LogP contribution in [0.2, 0.25) is 0 Å². The van der Waals surface area contributed by atoms with E-state index < -0.39 is 0 Å². The number of benzene rings is 3.